The summed E-state index contributed by atoms with van der Waals surface area (Å²) in [5.74, 6) is -1.83. The smallest absolute Gasteiger partial charge is 0.356 e. The number of anilines is 1. The van der Waals surface area contributed by atoms with Gasteiger partial charge in [0.15, 0.2) is 16.9 Å². The van der Waals surface area contributed by atoms with Gasteiger partial charge < -0.3 is 25.5 Å². The Morgan fingerprint density at radius 1 is 0.859 bits per heavy atom. The third kappa shape index (κ3) is 10.5. The minimum atomic E-state index is -1.04. The van der Waals surface area contributed by atoms with Crippen LogP contribution in [0.2, 0.25) is 0 Å². The highest BCUT2D eigenvalue weighted by atomic mass is 32.2. The molecular weight excluding hydrogens is 957 g/mol. The van der Waals surface area contributed by atoms with Crippen molar-refractivity contribution in [2.75, 3.05) is 24.7 Å². The van der Waals surface area contributed by atoms with Crippen LogP contribution >= 0.6 is 34.9 Å². The molecule has 2 aliphatic heterocycles. The number of carbonyl (C=O) groups is 4. The molecule has 5 aromatic carbocycles. The van der Waals surface area contributed by atoms with Crippen molar-refractivity contribution in [2.24, 2.45) is 5.16 Å². The van der Waals surface area contributed by atoms with E-state index in [1.165, 1.54) is 53.8 Å². The summed E-state index contributed by atoms with van der Waals surface area (Å²) in [5, 5.41) is 29.1. The number of thioether (sulfide) groups is 2. The zero-order valence-corrected chi connectivity index (χ0v) is 40.8. The van der Waals surface area contributed by atoms with Crippen molar-refractivity contribution in [2.45, 2.75) is 41.7 Å². The number of oxime groups is 1. The predicted molar refractivity (Wildman–Crippen MR) is 273 cm³/mol. The molecule has 3 N–H and O–H groups in total. The SMILES string of the molecule is CO/N=C(/C(=O)NC1C(=O)N2C(C(=O)OC(c3ccccc3)c3ccccc3)=C(/C=C/Sc3nnnn3CCNC(C)=O)CSC12)c1csc(NC(c2ccccc2)(c2ccccc2)c2ccccc2)n1. The number of β-lactam (4-membered cyclic amide) rings is 1. The molecule has 16 nitrogen and oxygen atoms in total. The fourth-order valence-electron chi connectivity index (χ4n) is 8.33. The van der Waals surface area contributed by atoms with Crippen LogP contribution in [0, 0.1) is 0 Å². The average Bonchev–Trinajstić information content (AvgIpc) is 4.08. The Hall–Kier alpha value is -7.87. The van der Waals surface area contributed by atoms with Crippen LogP contribution in [0.15, 0.2) is 190 Å². The first-order valence-electron chi connectivity index (χ1n) is 22.4. The van der Waals surface area contributed by atoms with Crippen LogP contribution < -0.4 is 16.0 Å². The first kappa shape index (κ1) is 48.2. The Labute approximate surface area is 421 Å². The number of rotatable bonds is 19. The Morgan fingerprint density at radius 3 is 2.00 bits per heavy atom. The van der Waals surface area contributed by atoms with E-state index in [0.29, 0.717) is 29.0 Å². The van der Waals surface area contributed by atoms with Crippen molar-refractivity contribution in [3.8, 4) is 0 Å². The van der Waals surface area contributed by atoms with Gasteiger partial charge in [0.2, 0.25) is 11.1 Å². The molecule has 71 heavy (non-hydrogen) atoms. The fourth-order valence-corrected chi connectivity index (χ4v) is 11.1. The maximum atomic E-state index is 14.7. The maximum absolute atomic E-state index is 14.7. The van der Waals surface area contributed by atoms with E-state index in [0.717, 1.165) is 27.8 Å². The Balaban J connectivity index is 0.981. The maximum Gasteiger partial charge on any atom is 0.356 e. The summed E-state index contributed by atoms with van der Waals surface area (Å²) < 4.78 is 7.90. The quantitative estimate of drug-likeness (QED) is 0.0182. The van der Waals surface area contributed by atoms with Gasteiger partial charge in [-0.15, -0.1) is 28.2 Å². The van der Waals surface area contributed by atoms with E-state index >= 15 is 0 Å². The number of fused-ring (bicyclic) bond motifs is 1. The van der Waals surface area contributed by atoms with Crippen LogP contribution in [0.25, 0.3) is 0 Å². The summed E-state index contributed by atoms with van der Waals surface area (Å²) >= 11 is 3.88. The summed E-state index contributed by atoms with van der Waals surface area (Å²) in [6.07, 6.45) is 0.934. The van der Waals surface area contributed by atoms with Crippen LogP contribution in [0.4, 0.5) is 5.13 Å². The number of benzene rings is 5. The van der Waals surface area contributed by atoms with Gasteiger partial charge in [-0.05, 0) is 55.3 Å². The monoisotopic (exact) mass is 1000 g/mol. The lowest BCUT2D eigenvalue weighted by atomic mass is 9.77. The van der Waals surface area contributed by atoms with Gasteiger partial charge in [-0.25, -0.2) is 14.5 Å². The van der Waals surface area contributed by atoms with E-state index in [9.17, 15) is 19.2 Å². The zero-order chi connectivity index (χ0) is 49.2. The van der Waals surface area contributed by atoms with Crippen LogP contribution in [0.1, 0.15) is 46.5 Å². The van der Waals surface area contributed by atoms with Crippen molar-refractivity contribution >= 4 is 69.4 Å². The zero-order valence-electron chi connectivity index (χ0n) is 38.3. The minimum Gasteiger partial charge on any atom is -0.448 e. The number of aromatic nitrogens is 5. The number of allylic oxidation sites excluding steroid dienone is 1. The predicted octanol–water partition coefficient (Wildman–Crippen LogP) is 7.31. The second kappa shape index (κ2) is 22.3. The van der Waals surface area contributed by atoms with E-state index in [1.54, 1.807) is 21.5 Å². The van der Waals surface area contributed by atoms with Gasteiger partial charge >= 0.3 is 5.97 Å². The molecule has 2 atom stereocenters. The lowest BCUT2D eigenvalue weighted by molar-refractivity contribution is -0.154. The van der Waals surface area contributed by atoms with Gasteiger partial charge in [0.05, 0.1) is 6.54 Å². The first-order valence-corrected chi connectivity index (χ1v) is 25.2. The number of ether oxygens (including phenoxy) is 1. The van der Waals surface area contributed by atoms with Crippen molar-refractivity contribution in [1.82, 2.24) is 40.7 Å². The first-order chi connectivity index (χ1) is 34.7. The normalized spacial score (nSPS) is 15.8. The van der Waals surface area contributed by atoms with E-state index in [2.05, 4.69) is 73.0 Å². The topological polar surface area (TPSA) is 195 Å². The van der Waals surface area contributed by atoms with E-state index in [-0.39, 0.29) is 28.8 Å². The fraction of sp³-hybridized carbons (Fsp3) is 0.173. The van der Waals surface area contributed by atoms with Gasteiger partial charge in [-0.1, -0.05) is 169 Å². The molecule has 9 rings (SSSR count). The molecule has 0 aliphatic carbocycles. The molecule has 2 aliphatic rings. The highest BCUT2D eigenvalue weighted by molar-refractivity contribution is 8.02. The molecular formula is C52H46N10O6S3. The number of nitrogens with zero attached hydrogens (tertiary/aromatic N) is 7. The highest BCUT2D eigenvalue weighted by Gasteiger charge is 2.55. The molecule has 358 valence electrons. The number of esters is 1. The van der Waals surface area contributed by atoms with E-state index < -0.39 is 40.8 Å². The molecule has 7 aromatic rings. The van der Waals surface area contributed by atoms with Gasteiger partial charge in [-0.2, -0.15) is 0 Å². The number of nitrogens with one attached hydrogen (secondary N) is 3. The molecule has 0 radical (unpaired) electrons. The van der Waals surface area contributed by atoms with Crippen molar-refractivity contribution in [3.05, 3.63) is 213 Å². The van der Waals surface area contributed by atoms with Crippen molar-refractivity contribution in [1.29, 1.82) is 0 Å². The van der Waals surface area contributed by atoms with Crippen molar-refractivity contribution in [3.63, 3.8) is 0 Å². The Kier molecular flexibility index (Phi) is 15.1. The molecule has 2 unspecified atom stereocenters. The van der Waals surface area contributed by atoms with Gasteiger partial charge in [-0.3, -0.25) is 19.3 Å². The molecule has 0 saturated carbocycles. The highest BCUT2D eigenvalue weighted by Crippen LogP contribution is 2.43. The molecule has 19 heteroatoms. The largest absolute Gasteiger partial charge is 0.448 e. The lowest BCUT2D eigenvalue weighted by Gasteiger charge is -2.49. The van der Waals surface area contributed by atoms with Crippen LogP contribution in [0.5, 0.6) is 0 Å². The molecule has 1 fully saturated rings. The van der Waals surface area contributed by atoms with Crippen LogP contribution in [0.3, 0.4) is 0 Å². The Morgan fingerprint density at radius 2 is 1.44 bits per heavy atom. The molecule has 0 spiro atoms. The summed E-state index contributed by atoms with van der Waals surface area (Å²) in [7, 11) is 1.33. The molecule has 0 bridgehead atoms. The lowest BCUT2D eigenvalue weighted by Crippen LogP contribution is -2.71. The third-order valence-electron chi connectivity index (χ3n) is 11.6. The minimum absolute atomic E-state index is 0.0444. The summed E-state index contributed by atoms with van der Waals surface area (Å²) in [4.78, 5) is 66.3. The molecule has 2 aromatic heterocycles. The number of thiazole rings is 1. The number of hydrogen-bond donors (Lipinski definition) is 3. The van der Waals surface area contributed by atoms with Crippen LogP contribution in [-0.2, 0) is 40.8 Å². The van der Waals surface area contributed by atoms with Gasteiger partial charge in [0.25, 0.3) is 11.8 Å². The second-order valence-corrected chi connectivity index (χ2v) is 18.9. The van der Waals surface area contributed by atoms with Gasteiger partial charge in [0.1, 0.15) is 35.5 Å². The number of carbonyl (C=O) groups excluding carboxylic acids is 4. The van der Waals surface area contributed by atoms with Crippen molar-refractivity contribution < 1.29 is 28.8 Å². The average molecular weight is 1000 g/mol. The number of tetrazole rings is 1. The summed E-state index contributed by atoms with van der Waals surface area (Å²) in [6, 6.07) is 47.9. The molecule has 4 heterocycles. The van der Waals surface area contributed by atoms with Gasteiger partial charge in [0, 0.05) is 24.6 Å². The van der Waals surface area contributed by atoms with E-state index in [4.69, 9.17) is 14.6 Å². The number of amides is 3. The standard InChI is InChI=1S/C52H46N10O6S3/c1-34(63)53-29-30-61-51(57-59-60-61)69-31-28-37-32-70-48-43(47(65)62(48)44(37)49(66)68-45(35-18-8-3-9-19-35)36-20-10-4-11-21-36)55-46(64)42(58-67-2)41-33-71-50(54-41)56-52(38-22-12-5-13-23-38,39-24-14-6-15-25-39)40-26-16-7-17-27-40/h3-28,31,33,43,45,48H,29-30,32H2,1-2H3,(H,53,63)(H,54,56)(H,55,64)/b31-28+,58-42+. The van der Waals surface area contributed by atoms with Crippen LogP contribution in [-0.4, -0.2) is 90.3 Å². The Bertz CT molecular complexity index is 2950. The summed E-state index contributed by atoms with van der Waals surface area (Å²) in [5.41, 5.74) is 4.15. The molecule has 1 saturated heterocycles. The summed E-state index contributed by atoms with van der Waals surface area (Å²) in [6.45, 7) is 2.10. The second-order valence-electron chi connectivity index (χ2n) is 16.1. The van der Waals surface area contributed by atoms with E-state index in [1.807, 2.05) is 115 Å². The third-order valence-corrected chi connectivity index (χ3v) is 14.4. The molecule has 3 amide bonds. The number of hydrogen-bond acceptors (Lipinski definition) is 15.